The minimum atomic E-state index is -0.477. The Labute approximate surface area is 144 Å². The van der Waals surface area contributed by atoms with E-state index in [4.69, 9.17) is 4.52 Å². The Morgan fingerprint density at radius 1 is 1.24 bits per heavy atom. The van der Waals surface area contributed by atoms with Crippen molar-refractivity contribution in [3.8, 4) is 11.3 Å². The molecule has 0 radical (unpaired) electrons. The first-order valence-corrected chi connectivity index (χ1v) is 7.91. The fourth-order valence-electron chi connectivity index (χ4n) is 2.29. The van der Waals surface area contributed by atoms with Crippen LogP contribution in [0.3, 0.4) is 0 Å². The van der Waals surface area contributed by atoms with Crippen molar-refractivity contribution in [1.29, 1.82) is 0 Å². The quantitative estimate of drug-likeness (QED) is 0.748. The van der Waals surface area contributed by atoms with Crippen molar-refractivity contribution in [3.63, 3.8) is 0 Å². The summed E-state index contributed by atoms with van der Waals surface area (Å²) in [5.41, 5.74) is 1.49. The third-order valence-electron chi connectivity index (χ3n) is 3.64. The number of nitrogens with one attached hydrogen (secondary N) is 2. The van der Waals surface area contributed by atoms with Crippen LogP contribution in [0.15, 0.2) is 64.2 Å². The number of rotatable bonds is 5. The van der Waals surface area contributed by atoms with Crippen molar-refractivity contribution in [2.45, 2.75) is 20.0 Å². The van der Waals surface area contributed by atoms with Gasteiger partial charge in [0, 0.05) is 36.6 Å². The fourth-order valence-corrected chi connectivity index (χ4v) is 2.29. The molecule has 3 rings (SSSR count). The topological polar surface area (TPSA) is 89.2 Å². The number of anilines is 1. The number of hydrogen-bond acceptors (Lipinski definition) is 4. The maximum absolute atomic E-state index is 12.0. The van der Waals surface area contributed by atoms with Gasteiger partial charge in [0.2, 0.25) is 5.43 Å². The van der Waals surface area contributed by atoms with Crippen LogP contribution in [-0.4, -0.2) is 15.8 Å². The number of urea groups is 1. The van der Waals surface area contributed by atoms with Crippen LogP contribution < -0.4 is 16.1 Å². The molecule has 2 aromatic heterocycles. The van der Waals surface area contributed by atoms with Gasteiger partial charge in [-0.25, -0.2) is 4.79 Å². The fraction of sp³-hybridized carbons (Fsp3) is 0.167. The van der Waals surface area contributed by atoms with Crippen molar-refractivity contribution in [2.75, 3.05) is 5.32 Å². The molecule has 0 bridgehead atoms. The average molecular weight is 338 g/mol. The summed E-state index contributed by atoms with van der Waals surface area (Å²) in [4.78, 5) is 23.8. The number of aromatic nitrogens is 2. The summed E-state index contributed by atoms with van der Waals surface area (Å²) in [5, 5.41) is 9.14. The maximum Gasteiger partial charge on any atom is 0.319 e. The molecule has 25 heavy (non-hydrogen) atoms. The molecule has 3 aromatic rings. The number of carbonyl (C=O) groups excluding carboxylic acids is 1. The summed E-state index contributed by atoms with van der Waals surface area (Å²) in [6, 6.07) is 12.3. The maximum atomic E-state index is 12.0. The number of aryl methyl sites for hydroxylation is 1. The first kappa shape index (κ1) is 16.5. The standard InChI is InChI=1S/C18H18N4O3/c1-2-22-9-8-16(23)15(12-22)20-18(24)19-11-14-10-17(25-21-14)13-6-4-3-5-7-13/h3-10,12H,2,11H2,1H3,(H2,19,20,24). The number of carbonyl (C=O) groups is 1. The minimum Gasteiger partial charge on any atom is -0.356 e. The van der Waals surface area contributed by atoms with Gasteiger partial charge in [0.25, 0.3) is 0 Å². The van der Waals surface area contributed by atoms with E-state index in [-0.39, 0.29) is 17.7 Å². The number of amides is 2. The summed E-state index contributed by atoms with van der Waals surface area (Å²) in [5.74, 6) is 0.631. The molecule has 1 aromatic carbocycles. The van der Waals surface area contributed by atoms with E-state index in [2.05, 4.69) is 15.8 Å². The Morgan fingerprint density at radius 2 is 2.04 bits per heavy atom. The summed E-state index contributed by atoms with van der Waals surface area (Å²) < 4.78 is 7.08. The number of nitrogens with zero attached hydrogens (tertiary/aromatic N) is 2. The Hall–Kier alpha value is -3.35. The van der Waals surface area contributed by atoms with E-state index in [1.807, 2.05) is 37.3 Å². The van der Waals surface area contributed by atoms with E-state index in [0.29, 0.717) is 18.0 Å². The first-order chi connectivity index (χ1) is 12.2. The van der Waals surface area contributed by atoms with E-state index in [1.54, 1.807) is 23.0 Å². The highest BCUT2D eigenvalue weighted by atomic mass is 16.5. The second-order valence-corrected chi connectivity index (χ2v) is 5.41. The Kier molecular flexibility index (Phi) is 4.94. The second-order valence-electron chi connectivity index (χ2n) is 5.41. The minimum absolute atomic E-state index is 0.191. The molecule has 128 valence electrons. The molecule has 0 atom stereocenters. The molecule has 0 saturated heterocycles. The van der Waals surface area contributed by atoms with Crippen LogP contribution in [0.1, 0.15) is 12.6 Å². The van der Waals surface area contributed by atoms with Crippen LogP contribution in [0, 0.1) is 0 Å². The lowest BCUT2D eigenvalue weighted by atomic mass is 10.2. The van der Waals surface area contributed by atoms with Gasteiger partial charge in [-0.2, -0.15) is 0 Å². The summed E-state index contributed by atoms with van der Waals surface area (Å²) in [6.45, 7) is 2.85. The van der Waals surface area contributed by atoms with Gasteiger partial charge in [-0.15, -0.1) is 0 Å². The van der Waals surface area contributed by atoms with Crippen LogP contribution in [0.25, 0.3) is 11.3 Å². The number of pyridine rings is 1. The highest BCUT2D eigenvalue weighted by Crippen LogP contribution is 2.19. The van der Waals surface area contributed by atoms with E-state index in [1.165, 1.54) is 6.07 Å². The van der Waals surface area contributed by atoms with Crippen molar-refractivity contribution in [2.24, 2.45) is 0 Å². The van der Waals surface area contributed by atoms with Crippen molar-refractivity contribution in [1.82, 2.24) is 15.0 Å². The van der Waals surface area contributed by atoms with Gasteiger partial charge in [0.05, 0.1) is 6.54 Å². The molecule has 0 saturated carbocycles. The Morgan fingerprint density at radius 3 is 2.80 bits per heavy atom. The Bertz CT molecular complexity index is 915. The third-order valence-corrected chi connectivity index (χ3v) is 3.64. The van der Waals surface area contributed by atoms with Gasteiger partial charge in [-0.3, -0.25) is 4.79 Å². The lowest BCUT2D eigenvalue weighted by Gasteiger charge is -2.08. The summed E-state index contributed by atoms with van der Waals surface area (Å²) >= 11 is 0. The lowest BCUT2D eigenvalue weighted by molar-refractivity contribution is 0.251. The molecular weight excluding hydrogens is 320 g/mol. The molecule has 7 nitrogen and oxygen atoms in total. The zero-order valence-corrected chi connectivity index (χ0v) is 13.7. The van der Waals surface area contributed by atoms with E-state index in [0.717, 1.165) is 5.56 Å². The molecule has 0 unspecified atom stereocenters. The molecule has 0 aliphatic heterocycles. The molecule has 7 heteroatoms. The van der Waals surface area contributed by atoms with E-state index in [9.17, 15) is 9.59 Å². The van der Waals surface area contributed by atoms with Crippen LogP contribution in [0.2, 0.25) is 0 Å². The molecule has 0 spiro atoms. The van der Waals surface area contributed by atoms with Gasteiger partial charge in [0.15, 0.2) is 5.76 Å². The van der Waals surface area contributed by atoms with E-state index >= 15 is 0 Å². The van der Waals surface area contributed by atoms with Gasteiger partial charge >= 0.3 is 6.03 Å². The molecular formula is C18H18N4O3. The van der Waals surface area contributed by atoms with Crippen molar-refractivity contribution >= 4 is 11.7 Å². The van der Waals surface area contributed by atoms with E-state index < -0.39 is 6.03 Å². The SMILES string of the molecule is CCn1ccc(=O)c(NC(=O)NCc2cc(-c3ccccc3)on2)c1. The summed E-state index contributed by atoms with van der Waals surface area (Å²) in [7, 11) is 0. The predicted octanol–water partition coefficient (Wildman–Crippen LogP) is 2.84. The zero-order chi connectivity index (χ0) is 17.6. The zero-order valence-electron chi connectivity index (χ0n) is 13.7. The molecule has 0 aliphatic carbocycles. The molecule has 2 N–H and O–H groups in total. The number of benzene rings is 1. The Balaban J connectivity index is 1.60. The van der Waals surface area contributed by atoms with Crippen LogP contribution in [0.5, 0.6) is 0 Å². The smallest absolute Gasteiger partial charge is 0.319 e. The second kappa shape index (κ2) is 7.48. The van der Waals surface area contributed by atoms with Crippen LogP contribution in [0.4, 0.5) is 10.5 Å². The van der Waals surface area contributed by atoms with Crippen molar-refractivity contribution < 1.29 is 9.32 Å². The van der Waals surface area contributed by atoms with Gasteiger partial charge in [-0.1, -0.05) is 35.5 Å². The first-order valence-electron chi connectivity index (χ1n) is 7.91. The highest BCUT2D eigenvalue weighted by molar-refractivity contribution is 5.88. The molecule has 0 aliphatic rings. The normalized spacial score (nSPS) is 10.4. The van der Waals surface area contributed by atoms with Crippen molar-refractivity contribution in [3.05, 3.63) is 70.8 Å². The van der Waals surface area contributed by atoms with Crippen LogP contribution in [-0.2, 0) is 13.1 Å². The largest absolute Gasteiger partial charge is 0.356 e. The van der Waals surface area contributed by atoms with Crippen LogP contribution >= 0.6 is 0 Å². The van der Waals surface area contributed by atoms with Gasteiger partial charge in [-0.05, 0) is 6.92 Å². The van der Waals surface area contributed by atoms with Gasteiger partial charge in [0.1, 0.15) is 11.4 Å². The monoisotopic (exact) mass is 338 g/mol. The number of hydrogen-bond donors (Lipinski definition) is 2. The average Bonchev–Trinajstić information content (AvgIpc) is 3.12. The lowest BCUT2D eigenvalue weighted by Crippen LogP contribution is -2.30. The van der Waals surface area contributed by atoms with Gasteiger partial charge < -0.3 is 19.7 Å². The molecule has 0 fully saturated rings. The predicted molar refractivity (Wildman–Crippen MR) is 94.2 cm³/mol. The molecule has 2 amide bonds. The summed E-state index contributed by atoms with van der Waals surface area (Å²) in [6.07, 6.45) is 3.28. The third kappa shape index (κ3) is 4.14. The molecule has 2 heterocycles. The highest BCUT2D eigenvalue weighted by Gasteiger charge is 2.09.